The minimum absolute atomic E-state index is 0.113. The first kappa shape index (κ1) is 15.2. The van der Waals surface area contributed by atoms with Crippen molar-refractivity contribution in [2.75, 3.05) is 4.90 Å². The van der Waals surface area contributed by atoms with Crippen LogP contribution >= 0.6 is 11.3 Å². The molecule has 0 aliphatic carbocycles. The van der Waals surface area contributed by atoms with Crippen molar-refractivity contribution in [1.29, 1.82) is 0 Å². The van der Waals surface area contributed by atoms with Crippen LogP contribution in [0.2, 0.25) is 0 Å². The first-order valence-electron chi connectivity index (χ1n) is 7.21. The number of hydrogen-bond donors (Lipinski definition) is 0. The summed E-state index contributed by atoms with van der Waals surface area (Å²) in [4.78, 5) is 18.6. The molecule has 1 aromatic carbocycles. The van der Waals surface area contributed by atoms with E-state index in [0.29, 0.717) is 6.54 Å². The van der Waals surface area contributed by atoms with Crippen LogP contribution in [0.1, 0.15) is 16.5 Å². The van der Waals surface area contributed by atoms with Crippen LogP contribution in [0.15, 0.2) is 64.6 Å². The zero-order valence-electron chi connectivity index (χ0n) is 12.7. The van der Waals surface area contributed by atoms with E-state index in [1.54, 1.807) is 34.7 Å². The molecule has 0 unspecified atom stereocenters. The predicted molar refractivity (Wildman–Crippen MR) is 92.2 cm³/mol. The average Bonchev–Trinajstić information content (AvgIpc) is 3.23. The van der Waals surface area contributed by atoms with E-state index < -0.39 is 0 Å². The first-order chi connectivity index (χ1) is 11.2. The lowest BCUT2D eigenvalue weighted by molar-refractivity contribution is -0.114. The van der Waals surface area contributed by atoms with E-state index in [1.165, 1.54) is 0 Å². The third-order valence-corrected chi connectivity index (χ3v) is 4.05. The Labute approximate surface area is 138 Å². The van der Waals surface area contributed by atoms with Gasteiger partial charge in [-0.3, -0.25) is 4.79 Å². The summed E-state index contributed by atoms with van der Waals surface area (Å²) in [5.74, 6) is 0.623. The number of furan rings is 1. The van der Waals surface area contributed by atoms with Crippen LogP contribution in [0.3, 0.4) is 0 Å². The Morgan fingerprint density at radius 1 is 1.26 bits per heavy atom. The van der Waals surface area contributed by atoms with E-state index in [2.05, 4.69) is 4.98 Å². The summed E-state index contributed by atoms with van der Waals surface area (Å²) < 4.78 is 5.37. The zero-order chi connectivity index (χ0) is 16.1. The number of rotatable bonds is 5. The summed E-state index contributed by atoms with van der Waals surface area (Å²) in [6, 6.07) is 13.2. The number of thiazole rings is 1. The van der Waals surface area contributed by atoms with E-state index in [-0.39, 0.29) is 5.91 Å². The third kappa shape index (κ3) is 3.96. The molecule has 0 bridgehead atoms. The molecular weight excluding hydrogens is 308 g/mol. The highest BCUT2D eigenvalue weighted by molar-refractivity contribution is 7.09. The first-order valence-corrected chi connectivity index (χ1v) is 8.09. The molecule has 0 atom stereocenters. The van der Waals surface area contributed by atoms with Gasteiger partial charge >= 0.3 is 0 Å². The Kier molecular flexibility index (Phi) is 4.68. The third-order valence-electron chi connectivity index (χ3n) is 3.26. The Morgan fingerprint density at radius 3 is 2.74 bits per heavy atom. The summed E-state index contributed by atoms with van der Waals surface area (Å²) in [5, 5.41) is 2.91. The van der Waals surface area contributed by atoms with Crippen LogP contribution in [0.4, 0.5) is 5.69 Å². The topological polar surface area (TPSA) is 46.3 Å². The molecule has 0 saturated heterocycles. The number of benzene rings is 1. The van der Waals surface area contributed by atoms with Gasteiger partial charge in [0.15, 0.2) is 0 Å². The Hall–Kier alpha value is -2.66. The van der Waals surface area contributed by atoms with Gasteiger partial charge in [0.05, 0.1) is 23.5 Å². The summed E-state index contributed by atoms with van der Waals surface area (Å²) in [7, 11) is 0. The Bertz CT molecular complexity index is 792. The summed E-state index contributed by atoms with van der Waals surface area (Å²) >= 11 is 1.56. The smallest absolute Gasteiger partial charge is 0.251 e. The molecule has 0 aliphatic heterocycles. The van der Waals surface area contributed by atoms with Gasteiger partial charge in [0.1, 0.15) is 5.76 Å². The summed E-state index contributed by atoms with van der Waals surface area (Å²) in [6.07, 6.45) is 4.89. The second kappa shape index (κ2) is 7.07. The molecule has 0 fully saturated rings. The van der Waals surface area contributed by atoms with Crippen LogP contribution in [-0.2, 0) is 11.3 Å². The molecule has 0 saturated carbocycles. The van der Waals surface area contributed by atoms with E-state index in [4.69, 9.17) is 4.42 Å². The molecule has 5 heteroatoms. The van der Waals surface area contributed by atoms with Crippen molar-refractivity contribution in [2.45, 2.75) is 13.5 Å². The molecule has 2 heterocycles. The highest BCUT2D eigenvalue weighted by Crippen LogP contribution is 2.18. The Balaban J connectivity index is 1.82. The van der Waals surface area contributed by atoms with Crippen molar-refractivity contribution >= 4 is 29.0 Å². The molecule has 2 aromatic heterocycles. The van der Waals surface area contributed by atoms with E-state index in [1.807, 2.05) is 54.8 Å². The summed E-state index contributed by atoms with van der Waals surface area (Å²) in [5.41, 5.74) is 1.62. The minimum atomic E-state index is -0.113. The molecule has 3 rings (SSSR count). The molecule has 0 radical (unpaired) electrons. The number of carbonyl (C=O) groups excluding carboxylic acids is 1. The fourth-order valence-electron chi connectivity index (χ4n) is 2.17. The maximum absolute atomic E-state index is 12.6. The fourth-order valence-corrected chi connectivity index (χ4v) is 2.75. The molecule has 23 heavy (non-hydrogen) atoms. The van der Waals surface area contributed by atoms with Crippen molar-refractivity contribution in [2.24, 2.45) is 0 Å². The fraction of sp³-hybridized carbons (Fsp3) is 0.111. The lowest BCUT2D eigenvalue weighted by Gasteiger charge is -2.20. The zero-order valence-corrected chi connectivity index (χ0v) is 13.5. The lowest BCUT2D eigenvalue weighted by Crippen LogP contribution is -2.28. The maximum atomic E-state index is 12.6. The number of anilines is 1. The van der Waals surface area contributed by atoms with Gasteiger partial charge in [0.25, 0.3) is 5.91 Å². The number of aryl methyl sites for hydroxylation is 1. The van der Waals surface area contributed by atoms with Crippen molar-refractivity contribution in [3.05, 3.63) is 76.6 Å². The van der Waals surface area contributed by atoms with Crippen LogP contribution in [-0.4, -0.2) is 10.9 Å². The van der Waals surface area contributed by atoms with Crippen molar-refractivity contribution in [1.82, 2.24) is 4.98 Å². The van der Waals surface area contributed by atoms with Gasteiger partial charge in [-0.25, -0.2) is 4.98 Å². The predicted octanol–water partition coefficient (Wildman–Crippen LogP) is 4.29. The standard InChI is InChI=1S/C18H16N2O2S/c1-14-19-15(13-23-14)9-10-18(21)20(12-17-8-5-11-22-17)16-6-3-2-4-7-16/h2-11,13H,12H2,1H3/b10-9+. The van der Waals surface area contributed by atoms with Gasteiger partial charge in [0.2, 0.25) is 0 Å². The monoisotopic (exact) mass is 324 g/mol. The van der Waals surface area contributed by atoms with Gasteiger partial charge in [-0.1, -0.05) is 18.2 Å². The maximum Gasteiger partial charge on any atom is 0.251 e. The van der Waals surface area contributed by atoms with Crippen LogP contribution in [0.25, 0.3) is 6.08 Å². The number of para-hydroxylation sites is 1. The van der Waals surface area contributed by atoms with Crippen LogP contribution in [0, 0.1) is 6.92 Å². The molecule has 0 aliphatic rings. The number of hydrogen-bond acceptors (Lipinski definition) is 4. The molecular formula is C18H16N2O2S. The van der Waals surface area contributed by atoms with E-state index in [0.717, 1.165) is 22.1 Å². The molecule has 4 nitrogen and oxygen atoms in total. The number of amides is 1. The molecule has 3 aromatic rings. The molecule has 1 amide bonds. The number of aromatic nitrogens is 1. The highest BCUT2D eigenvalue weighted by atomic mass is 32.1. The SMILES string of the molecule is Cc1nc(/C=C/C(=O)N(Cc2ccco2)c2ccccc2)cs1. The van der Waals surface area contributed by atoms with E-state index in [9.17, 15) is 4.79 Å². The number of nitrogens with zero attached hydrogens (tertiary/aromatic N) is 2. The summed E-state index contributed by atoms with van der Waals surface area (Å²) in [6.45, 7) is 2.33. The molecule has 0 spiro atoms. The van der Waals surface area contributed by atoms with Crippen molar-refractivity contribution < 1.29 is 9.21 Å². The molecule has 116 valence electrons. The van der Waals surface area contributed by atoms with Gasteiger partial charge in [0, 0.05) is 17.1 Å². The van der Waals surface area contributed by atoms with Gasteiger partial charge in [-0.05, 0) is 37.3 Å². The second-order valence-electron chi connectivity index (χ2n) is 4.96. The van der Waals surface area contributed by atoms with Crippen LogP contribution < -0.4 is 4.90 Å². The quantitative estimate of drug-likeness (QED) is 0.658. The Morgan fingerprint density at radius 2 is 2.09 bits per heavy atom. The van der Waals surface area contributed by atoms with Gasteiger partial charge in [-0.2, -0.15) is 0 Å². The minimum Gasteiger partial charge on any atom is -0.467 e. The number of carbonyl (C=O) groups is 1. The van der Waals surface area contributed by atoms with Gasteiger partial charge in [-0.15, -0.1) is 11.3 Å². The van der Waals surface area contributed by atoms with Gasteiger partial charge < -0.3 is 9.32 Å². The lowest BCUT2D eigenvalue weighted by atomic mass is 10.2. The highest BCUT2D eigenvalue weighted by Gasteiger charge is 2.15. The van der Waals surface area contributed by atoms with Crippen LogP contribution in [0.5, 0.6) is 0 Å². The molecule has 0 N–H and O–H groups in total. The normalized spacial score (nSPS) is 11.0. The van der Waals surface area contributed by atoms with Crippen molar-refractivity contribution in [3.63, 3.8) is 0 Å². The van der Waals surface area contributed by atoms with Crippen molar-refractivity contribution in [3.8, 4) is 0 Å². The largest absolute Gasteiger partial charge is 0.467 e. The second-order valence-corrected chi connectivity index (χ2v) is 6.03. The van der Waals surface area contributed by atoms with E-state index >= 15 is 0 Å². The average molecular weight is 324 g/mol.